The minimum absolute atomic E-state index is 0.300. The third-order valence-electron chi connectivity index (χ3n) is 3.54. The zero-order valence-electron chi connectivity index (χ0n) is 10.9. The quantitative estimate of drug-likeness (QED) is 0.828. The topological polar surface area (TPSA) is 60.2 Å². The van der Waals surface area contributed by atoms with Crippen molar-refractivity contribution in [1.29, 1.82) is 0 Å². The third-order valence-corrected chi connectivity index (χ3v) is 3.54. The van der Waals surface area contributed by atoms with Crippen molar-refractivity contribution >= 4 is 11.4 Å². The molecule has 98 valence electrons. The minimum atomic E-state index is 0.300. The predicted molar refractivity (Wildman–Crippen MR) is 76.3 cm³/mol. The zero-order chi connectivity index (χ0) is 13.2. The van der Waals surface area contributed by atoms with Crippen LogP contribution in [0.2, 0.25) is 0 Å². The van der Waals surface area contributed by atoms with Crippen LogP contribution in [0.5, 0.6) is 5.88 Å². The summed E-state index contributed by atoms with van der Waals surface area (Å²) in [5, 5.41) is 3.51. The Morgan fingerprint density at radius 1 is 1.37 bits per heavy atom. The molecule has 0 saturated carbocycles. The number of fused-ring (bicyclic) bond motifs is 1. The molecule has 0 aliphatic heterocycles. The van der Waals surface area contributed by atoms with E-state index in [2.05, 4.69) is 22.4 Å². The van der Waals surface area contributed by atoms with E-state index in [9.17, 15) is 0 Å². The van der Waals surface area contributed by atoms with Crippen LogP contribution in [0.4, 0.5) is 11.4 Å². The Balaban J connectivity index is 1.87. The molecule has 2 aromatic rings. The fourth-order valence-corrected chi connectivity index (χ4v) is 2.64. The molecule has 0 spiro atoms. The van der Waals surface area contributed by atoms with Crippen molar-refractivity contribution in [3.63, 3.8) is 0 Å². The van der Waals surface area contributed by atoms with Gasteiger partial charge in [-0.3, -0.25) is 0 Å². The molecule has 1 unspecified atom stereocenters. The van der Waals surface area contributed by atoms with Crippen molar-refractivity contribution in [2.24, 2.45) is 0 Å². The van der Waals surface area contributed by atoms with Gasteiger partial charge in [0.15, 0.2) is 0 Å². The van der Waals surface area contributed by atoms with E-state index in [-0.39, 0.29) is 0 Å². The van der Waals surface area contributed by atoms with Crippen molar-refractivity contribution in [1.82, 2.24) is 4.98 Å². The van der Waals surface area contributed by atoms with Gasteiger partial charge < -0.3 is 15.8 Å². The first-order valence-electron chi connectivity index (χ1n) is 6.42. The second-order valence-electron chi connectivity index (χ2n) is 4.75. The number of pyridine rings is 1. The van der Waals surface area contributed by atoms with E-state index >= 15 is 0 Å². The van der Waals surface area contributed by atoms with E-state index in [1.165, 1.54) is 11.1 Å². The first-order valence-corrected chi connectivity index (χ1v) is 6.42. The van der Waals surface area contributed by atoms with Gasteiger partial charge in [-0.05, 0) is 48.2 Å². The number of hydrogen-bond donors (Lipinski definition) is 2. The number of ether oxygens (including phenoxy) is 1. The van der Waals surface area contributed by atoms with Gasteiger partial charge in [-0.25, -0.2) is 4.98 Å². The SMILES string of the molecule is COc1ncccc1NC1CCc2cc(N)ccc21. The van der Waals surface area contributed by atoms with Crippen LogP contribution in [0.15, 0.2) is 36.5 Å². The molecule has 1 heterocycles. The molecule has 1 aromatic heterocycles. The van der Waals surface area contributed by atoms with E-state index in [1.807, 2.05) is 18.2 Å². The van der Waals surface area contributed by atoms with Crippen molar-refractivity contribution < 1.29 is 4.74 Å². The first-order chi connectivity index (χ1) is 9.28. The Labute approximate surface area is 112 Å². The fraction of sp³-hybridized carbons (Fsp3) is 0.267. The molecule has 3 rings (SSSR count). The summed E-state index contributed by atoms with van der Waals surface area (Å²) < 4.78 is 5.27. The maximum absolute atomic E-state index is 5.82. The summed E-state index contributed by atoms with van der Waals surface area (Å²) in [6.07, 6.45) is 3.85. The molecule has 19 heavy (non-hydrogen) atoms. The average Bonchev–Trinajstić information content (AvgIpc) is 2.82. The summed E-state index contributed by atoms with van der Waals surface area (Å²) in [5.74, 6) is 0.631. The molecule has 0 saturated heterocycles. The van der Waals surface area contributed by atoms with Crippen LogP contribution >= 0.6 is 0 Å². The largest absolute Gasteiger partial charge is 0.480 e. The standard InChI is InChI=1S/C15H17N3O/c1-19-15-14(3-2-8-17-15)18-13-7-4-10-9-11(16)5-6-12(10)13/h2-3,5-6,8-9,13,18H,4,7,16H2,1H3. The molecular weight excluding hydrogens is 238 g/mol. The van der Waals surface area contributed by atoms with Crippen LogP contribution in [0.1, 0.15) is 23.6 Å². The molecule has 3 N–H and O–H groups in total. The molecule has 0 fully saturated rings. The molecule has 1 aromatic carbocycles. The maximum atomic E-state index is 5.82. The van der Waals surface area contributed by atoms with Gasteiger partial charge in [-0.2, -0.15) is 0 Å². The van der Waals surface area contributed by atoms with Gasteiger partial charge in [0.1, 0.15) is 0 Å². The Hall–Kier alpha value is -2.23. The maximum Gasteiger partial charge on any atom is 0.237 e. The lowest BCUT2D eigenvalue weighted by Gasteiger charge is -2.17. The lowest BCUT2D eigenvalue weighted by Crippen LogP contribution is -2.08. The lowest BCUT2D eigenvalue weighted by molar-refractivity contribution is 0.399. The molecule has 4 nitrogen and oxygen atoms in total. The summed E-state index contributed by atoms with van der Waals surface area (Å²) in [4.78, 5) is 4.20. The van der Waals surface area contributed by atoms with E-state index in [0.717, 1.165) is 24.2 Å². The van der Waals surface area contributed by atoms with Crippen LogP contribution in [-0.2, 0) is 6.42 Å². The first kappa shape index (κ1) is 11.8. The Bertz CT molecular complexity index is 598. The molecular formula is C15H17N3O. The van der Waals surface area contributed by atoms with Crippen molar-refractivity contribution in [2.45, 2.75) is 18.9 Å². The fourth-order valence-electron chi connectivity index (χ4n) is 2.64. The van der Waals surface area contributed by atoms with E-state index in [0.29, 0.717) is 11.9 Å². The number of nitrogens with zero attached hydrogens (tertiary/aromatic N) is 1. The highest BCUT2D eigenvalue weighted by Gasteiger charge is 2.23. The van der Waals surface area contributed by atoms with Crippen LogP contribution in [0.3, 0.4) is 0 Å². The molecule has 0 radical (unpaired) electrons. The van der Waals surface area contributed by atoms with Crippen LogP contribution in [0, 0.1) is 0 Å². The van der Waals surface area contributed by atoms with E-state index < -0.39 is 0 Å². The van der Waals surface area contributed by atoms with Crippen LogP contribution in [0.25, 0.3) is 0 Å². The summed E-state index contributed by atoms with van der Waals surface area (Å²) in [7, 11) is 1.64. The smallest absolute Gasteiger partial charge is 0.237 e. The zero-order valence-corrected chi connectivity index (χ0v) is 10.9. The summed E-state index contributed by atoms with van der Waals surface area (Å²) in [5.41, 5.74) is 10.2. The molecule has 1 aliphatic rings. The van der Waals surface area contributed by atoms with Crippen LogP contribution < -0.4 is 15.8 Å². The number of rotatable bonds is 3. The van der Waals surface area contributed by atoms with Gasteiger partial charge in [0.2, 0.25) is 5.88 Å². The highest BCUT2D eigenvalue weighted by Crippen LogP contribution is 2.36. The predicted octanol–water partition coefficient (Wildman–Crippen LogP) is 2.77. The number of nitrogens with two attached hydrogens (primary N) is 1. The Kier molecular flexibility index (Phi) is 2.99. The second-order valence-corrected chi connectivity index (χ2v) is 4.75. The molecule has 4 heteroatoms. The highest BCUT2D eigenvalue weighted by atomic mass is 16.5. The number of nitrogens with one attached hydrogen (secondary N) is 1. The lowest BCUT2D eigenvalue weighted by atomic mass is 10.1. The number of aromatic nitrogens is 1. The molecule has 0 amide bonds. The van der Waals surface area contributed by atoms with Crippen molar-refractivity contribution in [2.75, 3.05) is 18.2 Å². The van der Waals surface area contributed by atoms with Gasteiger partial charge >= 0.3 is 0 Å². The molecule has 1 atom stereocenters. The van der Waals surface area contributed by atoms with E-state index in [4.69, 9.17) is 10.5 Å². The summed E-state index contributed by atoms with van der Waals surface area (Å²) >= 11 is 0. The summed E-state index contributed by atoms with van der Waals surface area (Å²) in [6.45, 7) is 0. The highest BCUT2D eigenvalue weighted by molar-refractivity contribution is 5.56. The third kappa shape index (κ3) is 2.21. The average molecular weight is 255 g/mol. The van der Waals surface area contributed by atoms with Crippen LogP contribution in [-0.4, -0.2) is 12.1 Å². The second kappa shape index (κ2) is 4.80. The van der Waals surface area contributed by atoms with Crippen molar-refractivity contribution in [3.8, 4) is 5.88 Å². The summed E-state index contributed by atoms with van der Waals surface area (Å²) in [6, 6.07) is 10.3. The minimum Gasteiger partial charge on any atom is -0.480 e. The number of anilines is 2. The molecule has 0 bridgehead atoms. The number of nitrogen functional groups attached to an aromatic ring is 1. The number of methoxy groups -OCH3 is 1. The Morgan fingerprint density at radius 3 is 3.11 bits per heavy atom. The normalized spacial score (nSPS) is 17.0. The van der Waals surface area contributed by atoms with Crippen molar-refractivity contribution in [3.05, 3.63) is 47.7 Å². The number of hydrogen-bond acceptors (Lipinski definition) is 4. The van der Waals surface area contributed by atoms with E-state index in [1.54, 1.807) is 13.3 Å². The molecule has 1 aliphatic carbocycles. The van der Waals surface area contributed by atoms with Gasteiger partial charge in [0.05, 0.1) is 18.8 Å². The number of benzene rings is 1. The van der Waals surface area contributed by atoms with Gasteiger partial charge in [0.25, 0.3) is 0 Å². The van der Waals surface area contributed by atoms with Gasteiger partial charge in [0, 0.05) is 11.9 Å². The van der Waals surface area contributed by atoms with Gasteiger partial charge in [-0.15, -0.1) is 0 Å². The monoisotopic (exact) mass is 255 g/mol. The Morgan fingerprint density at radius 2 is 2.26 bits per heavy atom. The number of aryl methyl sites for hydroxylation is 1. The van der Waals surface area contributed by atoms with Gasteiger partial charge in [-0.1, -0.05) is 6.07 Å².